The van der Waals surface area contributed by atoms with Crippen molar-refractivity contribution in [1.82, 2.24) is 5.32 Å². The Balaban J connectivity index is 1.92. The predicted octanol–water partition coefficient (Wildman–Crippen LogP) is 3.93. The lowest BCUT2D eigenvalue weighted by Crippen LogP contribution is -2.27. The predicted molar refractivity (Wildman–Crippen MR) is 85.4 cm³/mol. The second-order valence-corrected chi connectivity index (χ2v) is 5.22. The molecule has 2 rings (SSSR count). The lowest BCUT2D eigenvalue weighted by atomic mass is 10.1. The zero-order valence-corrected chi connectivity index (χ0v) is 12.4. The van der Waals surface area contributed by atoms with E-state index in [9.17, 15) is 4.39 Å². The highest BCUT2D eigenvalue weighted by atomic mass is 32.1. The van der Waals surface area contributed by atoms with E-state index < -0.39 is 0 Å². The van der Waals surface area contributed by atoms with Crippen molar-refractivity contribution < 1.29 is 4.39 Å². The molecule has 0 aliphatic carbocycles. The van der Waals surface area contributed by atoms with Gasteiger partial charge in [0.15, 0.2) is 5.11 Å². The molecule has 0 saturated heterocycles. The molecule has 0 aliphatic rings. The monoisotopic (exact) mass is 288 g/mol. The second-order valence-electron chi connectivity index (χ2n) is 4.81. The highest BCUT2D eigenvalue weighted by molar-refractivity contribution is 7.80. The summed E-state index contributed by atoms with van der Waals surface area (Å²) in [7, 11) is 0. The van der Waals surface area contributed by atoms with Gasteiger partial charge in [-0.3, -0.25) is 0 Å². The van der Waals surface area contributed by atoms with Gasteiger partial charge in [0, 0.05) is 12.2 Å². The first kappa shape index (κ1) is 14.5. The quantitative estimate of drug-likeness (QED) is 0.837. The maximum absolute atomic E-state index is 13.1. The van der Waals surface area contributed by atoms with E-state index in [1.54, 1.807) is 6.07 Å². The van der Waals surface area contributed by atoms with Crippen LogP contribution in [0.3, 0.4) is 0 Å². The van der Waals surface area contributed by atoms with Gasteiger partial charge < -0.3 is 10.6 Å². The number of benzene rings is 2. The molecule has 0 unspecified atom stereocenters. The first-order valence-corrected chi connectivity index (χ1v) is 6.81. The molecule has 0 fully saturated rings. The van der Waals surface area contributed by atoms with E-state index in [1.165, 1.54) is 23.3 Å². The van der Waals surface area contributed by atoms with Crippen molar-refractivity contribution in [3.8, 4) is 0 Å². The number of nitrogens with one attached hydrogen (secondary N) is 2. The van der Waals surface area contributed by atoms with Crippen LogP contribution >= 0.6 is 12.2 Å². The highest BCUT2D eigenvalue weighted by Crippen LogP contribution is 2.13. The van der Waals surface area contributed by atoms with Crippen molar-refractivity contribution in [3.05, 3.63) is 65.0 Å². The summed E-state index contributed by atoms with van der Waals surface area (Å²) in [4.78, 5) is 0. The number of thiocarbonyl (C=S) groups is 1. The number of hydrogen-bond donors (Lipinski definition) is 2. The second kappa shape index (κ2) is 6.48. The average molecular weight is 288 g/mol. The third kappa shape index (κ3) is 4.31. The van der Waals surface area contributed by atoms with Crippen molar-refractivity contribution in [2.75, 3.05) is 5.32 Å². The fourth-order valence-corrected chi connectivity index (χ4v) is 2.24. The summed E-state index contributed by atoms with van der Waals surface area (Å²) >= 11 is 5.24. The molecule has 4 heteroatoms. The molecular weight excluding hydrogens is 271 g/mol. The van der Waals surface area contributed by atoms with Gasteiger partial charge in [0.05, 0.1) is 0 Å². The minimum absolute atomic E-state index is 0.238. The van der Waals surface area contributed by atoms with Gasteiger partial charge in [-0.15, -0.1) is 0 Å². The first-order chi connectivity index (χ1) is 9.52. The zero-order valence-electron chi connectivity index (χ0n) is 11.5. The average Bonchev–Trinajstić information content (AvgIpc) is 2.35. The summed E-state index contributed by atoms with van der Waals surface area (Å²) in [5.41, 5.74) is 4.18. The van der Waals surface area contributed by atoms with Crippen LogP contribution in [0.2, 0.25) is 0 Å². The Morgan fingerprint density at radius 3 is 2.45 bits per heavy atom. The smallest absolute Gasteiger partial charge is 0.171 e. The Morgan fingerprint density at radius 1 is 1.10 bits per heavy atom. The Labute approximate surface area is 124 Å². The molecule has 0 amide bonds. The molecule has 2 N–H and O–H groups in total. The van der Waals surface area contributed by atoms with Gasteiger partial charge >= 0.3 is 0 Å². The topological polar surface area (TPSA) is 24.1 Å². The molecule has 20 heavy (non-hydrogen) atoms. The van der Waals surface area contributed by atoms with Crippen LogP contribution in [0.15, 0.2) is 42.5 Å². The molecular formula is C16H17FN2S. The summed E-state index contributed by atoms with van der Waals surface area (Å²) in [6, 6.07) is 12.6. The Hall–Kier alpha value is -1.94. The largest absolute Gasteiger partial charge is 0.358 e. The van der Waals surface area contributed by atoms with Crippen LogP contribution in [-0.2, 0) is 6.54 Å². The number of anilines is 1. The number of hydrogen-bond acceptors (Lipinski definition) is 1. The molecule has 0 aromatic heterocycles. The summed E-state index contributed by atoms with van der Waals surface area (Å²) in [6.07, 6.45) is 0. The molecule has 104 valence electrons. The minimum Gasteiger partial charge on any atom is -0.358 e. The molecule has 2 nitrogen and oxygen atoms in total. The molecule has 0 atom stereocenters. The van der Waals surface area contributed by atoms with E-state index in [0.29, 0.717) is 11.7 Å². The fourth-order valence-electron chi connectivity index (χ4n) is 2.05. The van der Waals surface area contributed by atoms with Crippen LogP contribution in [0.25, 0.3) is 0 Å². The van der Waals surface area contributed by atoms with Crippen molar-refractivity contribution in [2.45, 2.75) is 20.4 Å². The molecule has 2 aromatic rings. The molecule has 0 bridgehead atoms. The van der Waals surface area contributed by atoms with Crippen molar-refractivity contribution in [1.29, 1.82) is 0 Å². The number of halogens is 1. The molecule has 0 spiro atoms. The van der Waals surface area contributed by atoms with Gasteiger partial charge in [-0.2, -0.15) is 0 Å². The van der Waals surface area contributed by atoms with E-state index in [4.69, 9.17) is 12.2 Å². The van der Waals surface area contributed by atoms with Gasteiger partial charge in [-0.05, 0) is 67.0 Å². The number of rotatable bonds is 3. The first-order valence-electron chi connectivity index (χ1n) is 6.40. The van der Waals surface area contributed by atoms with E-state index >= 15 is 0 Å². The summed E-state index contributed by atoms with van der Waals surface area (Å²) < 4.78 is 13.1. The molecule has 0 heterocycles. The van der Waals surface area contributed by atoms with Crippen LogP contribution in [-0.4, -0.2) is 5.11 Å². The van der Waals surface area contributed by atoms with E-state index in [0.717, 1.165) is 11.3 Å². The van der Waals surface area contributed by atoms with Crippen LogP contribution in [0.4, 0.5) is 10.1 Å². The van der Waals surface area contributed by atoms with Crippen LogP contribution in [0.1, 0.15) is 16.7 Å². The number of aryl methyl sites for hydroxylation is 2. The Morgan fingerprint density at radius 2 is 1.80 bits per heavy atom. The molecule has 0 radical (unpaired) electrons. The Bertz CT molecular complexity index is 605. The molecule has 0 saturated carbocycles. The zero-order chi connectivity index (χ0) is 14.5. The van der Waals surface area contributed by atoms with Crippen molar-refractivity contribution in [3.63, 3.8) is 0 Å². The van der Waals surface area contributed by atoms with Gasteiger partial charge in [0.2, 0.25) is 0 Å². The van der Waals surface area contributed by atoms with Crippen LogP contribution in [0.5, 0.6) is 0 Å². The van der Waals surface area contributed by atoms with Crippen molar-refractivity contribution >= 4 is 23.0 Å². The molecule has 0 aliphatic heterocycles. The van der Waals surface area contributed by atoms with Gasteiger partial charge in [0.25, 0.3) is 0 Å². The van der Waals surface area contributed by atoms with Gasteiger partial charge in [0.1, 0.15) is 5.82 Å². The summed E-state index contributed by atoms with van der Waals surface area (Å²) in [5.74, 6) is -0.238. The highest BCUT2D eigenvalue weighted by Gasteiger charge is 2.00. The minimum atomic E-state index is -0.238. The van der Waals surface area contributed by atoms with Crippen LogP contribution in [0, 0.1) is 19.7 Å². The lowest BCUT2D eigenvalue weighted by molar-refractivity contribution is 0.625. The molecule has 2 aromatic carbocycles. The lowest BCUT2D eigenvalue weighted by Gasteiger charge is -2.12. The van der Waals surface area contributed by atoms with Crippen LogP contribution < -0.4 is 10.6 Å². The van der Waals surface area contributed by atoms with Gasteiger partial charge in [-0.25, -0.2) is 4.39 Å². The van der Waals surface area contributed by atoms with Crippen molar-refractivity contribution in [2.24, 2.45) is 0 Å². The van der Waals surface area contributed by atoms with E-state index in [-0.39, 0.29) is 5.82 Å². The normalized spacial score (nSPS) is 10.2. The Kier molecular flexibility index (Phi) is 4.69. The van der Waals surface area contributed by atoms with Gasteiger partial charge in [-0.1, -0.05) is 18.2 Å². The maximum Gasteiger partial charge on any atom is 0.171 e. The van der Waals surface area contributed by atoms with E-state index in [1.807, 2.05) is 32.0 Å². The fraction of sp³-hybridized carbons (Fsp3) is 0.188. The summed E-state index contributed by atoms with van der Waals surface area (Å²) in [6.45, 7) is 4.58. The summed E-state index contributed by atoms with van der Waals surface area (Å²) in [5, 5.41) is 6.73. The third-order valence-electron chi connectivity index (χ3n) is 2.82. The standard InChI is InChI=1S/C16H17FN2S/c1-11-6-12(2)8-15(7-11)19-16(20)18-10-13-4-3-5-14(17)9-13/h3-9H,10H2,1-2H3,(H2,18,19,20). The maximum atomic E-state index is 13.1. The van der Waals surface area contributed by atoms with E-state index in [2.05, 4.69) is 16.7 Å². The SMILES string of the molecule is Cc1cc(C)cc(NC(=S)NCc2cccc(F)c2)c1. The third-order valence-corrected chi connectivity index (χ3v) is 3.07.